The van der Waals surface area contributed by atoms with Crippen molar-refractivity contribution < 1.29 is 19.5 Å². The van der Waals surface area contributed by atoms with Gasteiger partial charge in [-0.1, -0.05) is 31.7 Å². The Hall–Kier alpha value is -2.41. The molecule has 0 radical (unpaired) electrons. The van der Waals surface area contributed by atoms with Crippen molar-refractivity contribution in [3.05, 3.63) is 29.3 Å². The molecule has 2 aliphatic heterocycles. The summed E-state index contributed by atoms with van der Waals surface area (Å²) in [5.41, 5.74) is 2.51. The molecule has 3 amide bonds. The van der Waals surface area contributed by atoms with Crippen LogP contribution in [-0.4, -0.2) is 46.9 Å². The van der Waals surface area contributed by atoms with Gasteiger partial charge in [0.05, 0.1) is 0 Å². The lowest BCUT2D eigenvalue weighted by Gasteiger charge is -2.29. The third kappa shape index (κ3) is 4.70. The maximum Gasteiger partial charge on any atom is 0.255 e. The molecule has 1 saturated heterocycles. The van der Waals surface area contributed by atoms with E-state index in [0.717, 1.165) is 56.3 Å². The summed E-state index contributed by atoms with van der Waals surface area (Å²) in [6.07, 6.45) is 7.10. The topological polar surface area (TPSA) is 98.7 Å². The lowest BCUT2D eigenvalue weighted by Crippen LogP contribution is -2.52. The number of rotatable bonds is 10. The van der Waals surface area contributed by atoms with Gasteiger partial charge in [-0.25, -0.2) is 0 Å². The van der Waals surface area contributed by atoms with Crippen LogP contribution in [0, 0.1) is 0 Å². The number of piperidine rings is 1. The molecule has 152 valence electrons. The molecule has 28 heavy (non-hydrogen) atoms. The van der Waals surface area contributed by atoms with Crippen molar-refractivity contribution in [2.75, 3.05) is 18.5 Å². The zero-order chi connectivity index (χ0) is 19.9. The Morgan fingerprint density at radius 3 is 2.57 bits per heavy atom. The zero-order valence-corrected chi connectivity index (χ0v) is 16.2. The summed E-state index contributed by atoms with van der Waals surface area (Å²) in [6.45, 7) is 1.50. The molecule has 0 spiro atoms. The van der Waals surface area contributed by atoms with Gasteiger partial charge in [-0.3, -0.25) is 19.7 Å². The average Bonchev–Trinajstić information content (AvgIpc) is 3.01. The average molecular weight is 387 g/mol. The van der Waals surface area contributed by atoms with Crippen LogP contribution in [0.15, 0.2) is 18.2 Å². The first-order valence-electron chi connectivity index (χ1n) is 10.2. The summed E-state index contributed by atoms with van der Waals surface area (Å²) < 4.78 is 0. The van der Waals surface area contributed by atoms with Crippen LogP contribution in [0.5, 0.6) is 0 Å². The Labute approximate surface area is 165 Å². The van der Waals surface area contributed by atoms with Crippen molar-refractivity contribution in [1.29, 1.82) is 0 Å². The highest BCUT2D eigenvalue weighted by Crippen LogP contribution is 2.32. The lowest BCUT2D eigenvalue weighted by molar-refractivity contribution is -0.136. The van der Waals surface area contributed by atoms with Crippen LogP contribution in [0.2, 0.25) is 0 Å². The molecule has 1 aromatic carbocycles. The van der Waals surface area contributed by atoms with Crippen LogP contribution in [0.1, 0.15) is 67.3 Å². The smallest absolute Gasteiger partial charge is 0.255 e. The number of benzene rings is 1. The van der Waals surface area contributed by atoms with E-state index in [9.17, 15) is 14.4 Å². The number of anilines is 1. The van der Waals surface area contributed by atoms with Crippen LogP contribution in [0.4, 0.5) is 5.69 Å². The zero-order valence-electron chi connectivity index (χ0n) is 16.2. The number of aliphatic hydroxyl groups excluding tert-OH is 1. The fourth-order valence-corrected chi connectivity index (χ4v) is 3.92. The van der Waals surface area contributed by atoms with Gasteiger partial charge in [0.15, 0.2) is 0 Å². The van der Waals surface area contributed by atoms with Crippen molar-refractivity contribution >= 4 is 23.4 Å². The van der Waals surface area contributed by atoms with Crippen molar-refractivity contribution in [2.45, 2.75) is 64.0 Å². The second-order valence-electron chi connectivity index (χ2n) is 7.50. The Morgan fingerprint density at radius 1 is 1.07 bits per heavy atom. The van der Waals surface area contributed by atoms with Gasteiger partial charge in [0, 0.05) is 42.9 Å². The van der Waals surface area contributed by atoms with Gasteiger partial charge in [0.1, 0.15) is 6.04 Å². The highest BCUT2D eigenvalue weighted by atomic mass is 16.3. The minimum atomic E-state index is -0.579. The van der Waals surface area contributed by atoms with E-state index in [0.29, 0.717) is 18.5 Å². The first-order valence-corrected chi connectivity index (χ1v) is 10.2. The second kappa shape index (κ2) is 9.68. The first kappa shape index (κ1) is 20.3. The summed E-state index contributed by atoms with van der Waals surface area (Å²) in [6, 6.07) is 5.06. The number of nitrogens with zero attached hydrogens (tertiary/aromatic N) is 1. The van der Waals surface area contributed by atoms with Gasteiger partial charge >= 0.3 is 0 Å². The van der Waals surface area contributed by atoms with E-state index in [1.165, 1.54) is 0 Å². The predicted octanol–water partition coefficient (Wildman–Crippen LogP) is 2.19. The molecule has 7 nitrogen and oxygen atoms in total. The summed E-state index contributed by atoms with van der Waals surface area (Å²) in [5, 5.41) is 14.6. The molecular weight excluding hydrogens is 358 g/mol. The van der Waals surface area contributed by atoms with E-state index in [-0.39, 0.29) is 30.7 Å². The lowest BCUT2D eigenvalue weighted by atomic mass is 10.0. The third-order valence-corrected chi connectivity index (χ3v) is 5.48. The van der Waals surface area contributed by atoms with E-state index in [1.807, 2.05) is 12.1 Å². The van der Waals surface area contributed by atoms with E-state index < -0.39 is 6.04 Å². The van der Waals surface area contributed by atoms with Crippen molar-refractivity contribution in [1.82, 2.24) is 10.2 Å². The number of aliphatic hydroxyl groups is 1. The second-order valence-corrected chi connectivity index (χ2v) is 7.50. The molecule has 0 saturated carbocycles. The molecule has 1 unspecified atom stereocenters. The molecule has 1 atom stereocenters. The summed E-state index contributed by atoms with van der Waals surface area (Å²) in [4.78, 5) is 37.9. The van der Waals surface area contributed by atoms with Crippen LogP contribution >= 0.6 is 0 Å². The number of imide groups is 1. The maximum absolute atomic E-state index is 12.8. The van der Waals surface area contributed by atoms with E-state index in [2.05, 4.69) is 10.6 Å². The van der Waals surface area contributed by atoms with Gasteiger partial charge < -0.3 is 15.3 Å². The highest BCUT2D eigenvalue weighted by molar-refractivity contribution is 6.06. The number of amides is 3. The molecule has 0 aromatic heterocycles. The molecule has 2 aliphatic rings. The van der Waals surface area contributed by atoms with Crippen molar-refractivity contribution in [3.8, 4) is 0 Å². The molecule has 3 N–H and O–H groups in total. The Kier molecular flexibility index (Phi) is 7.03. The molecular formula is C21H29N3O4. The first-order chi connectivity index (χ1) is 13.6. The number of carbonyl (C=O) groups is 3. The number of nitrogens with one attached hydrogen (secondary N) is 2. The predicted molar refractivity (Wildman–Crippen MR) is 106 cm³/mol. The molecule has 1 fully saturated rings. The van der Waals surface area contributed by atoms with E-state index in [4.69, 9.17) is 5.11 Å². The van der Waals surface area contributed by atoms with Gasteiger partial charge in [-0.2, -0.15) is 0 Å². The minimum absolute atomic E-state index is 0.142. The van der Waals surface area contributed by atoms with Crippen LogP contribution in [0.3, 0.4) is 0 Å². The van der Waals surface area contributed by atoms with E-state index >= 15 is 0 Å². The molecule has 3 rings (SSSR count). The Morgan fingerprint density at radius 2 is 1.82 bits per heavy atom. The van der Waals surface area contributed by atoms with Gasteiger partial charge in [0.2, 0.25) is 11.8 Å². The fourth-order valence-electron chi connectivity index (χ4n) is 3.92. The fraction of sp³-hybridized carbons (Fsp3) is 0.571. The number of hydrogen-bond donors (Lipinski definition) is 3. The Bertz CT molecular complexity index is 734. The molecule has 2 heterocycles. The SMILES string of the molecule is O=C1CCC(N2Cc3c(NCCCCCCCCO)cccc3C2=O)C(=O)N1. The minimum Gasteiger partial charge on any atom is -0.396 e. The summed E-state index contributed by atoms with van der Waals surface area (Å²) in [7, 11) is 0. The normalized spacial score (nSPS) is 19.0. The van der Waals surface area contributed by atoms with Gasteiger partial charge in [-0.05, 0) is 31.4 Å². The number of hydrogen-bond acceptors (Lipinski definition) is 5. The molecule has 7 heteroatoms. The number of carbonyl (C=O) groups excluding carboxylic acids is 3. The standard InChI is InChI=1S/C21H29N3O4/c25-13-6-4-2-1-3-5-12-22-17-9-7-8-15-16(17)14-24(21(15)28)18-10-11-19(26)23-20(18)27/h7-9,18,22,25H,1-6,10-14H2,(H,23,26,27). The molecule has 0 bridgehead atoms. The van der Waals surface area contributed by atoms with Crippen molar-refractivity contribution in [3.63, 3.8) is 0 Å². The van der Waals surface area contributed by atoms with Gasteiger partial charge in [0.25, 0.3) is 5.91 Å². The van der Waals surface area contributed by atoms with Crippen LogP contribution < -0.4 is 10.6 Å². The summed E-state index contributed by atoms with van der Waals surface area (Å²) in [5.74, 6) is -0.797. The van der Waals surface area contributed by atoms with E-state index in [1.54, 1.807) is 11.0 Å². The monoisotopic (exact) mass is 387 g/mol. The Balaban J connectivity index is 1.54. The van der Waals surface area contributed by atoms with Crippen LogP contribution in [0.25, 0.3) is 0 Å². The van der Waals surface area contributed by atoms with Crippen molar-refractivity contribution in [2.24, 2.45) is 0 Å². The summed E-state index contributed by atoms with van der Waals surface area (Å²) >= 11 is 0. The van der Waals surface area contributed by atoms with Gasteiger partial charge in [-0.15, -0.1) is 0 Å². The van der Waals surface area contributed by atoms with Crippen LogP contribution in [-0.2, 0) is 16.1 Å². The number of unbranched alkanes of at least 4 members (excludes halogenated alkanes) is 5. The molecule has 1 aromatic rings. The highest BCUT2D eigenvalue weighted by Gasteiger charge is 2.39. The molecule has 0 aliphatic carbocycles. The number of fused-ring (bicyclic) bond motifs is 1. The largest absolute Gasteiger partial charge is 0.396 e. The third-order valence-electron chi connectivity index (χ3n) is 5.48. The quantitative estimate of drug-likeness (QED) is 0.422. The maximum atomic E-state index is 12.8.